The predicted molar refractivity (Wildman–Crippen MR) is 121 cm³/mol. The van der Waals surface area contributed by atoms with E-state index < -0.39 is 24.3 Å². The van der Waals surface area contributed by atoms with Crippen molar-refractivity contribution in [3.05, 3.63) is 90.4 Å². The van der Waals surface area contributed by atoms with Crippen LogP contribution in [0, 0.1) is 0 Å². The number of rotatable bonds is 4. The summed E-state index contributed by atoms with van der Waals surface area (Å²) < 4.78 is 57.4. The highest BCUT2D eigenvalue weighted by atomic mass is 19.4. The molecule has 0 fully saturated rings. The Kier molecular flexibility index (Phi) is 4.45. The van der Waals surface area contributed by atoms with Crippen molar-refractivity contribution in [3.63, 3.8) is 0 Å². The van der Waals surface area contributed by atoms with E-state index in [1.165, 1.54) is 22.9 Å². The maximum Gasteiger partial charge on any atom is 0.416 e. The van der Waals surface area contributed by atoms with E-state index in [1.54, 1.807) is 48.8 Å². The summed E-state index contributed by atoms with van der Waals surface area (Å²) in [7, 11) is 0. The van der Waals surface area contributed by atoms with Crippen LogP contribution in [0.3, 0.4) is 0 Å². The average Bonchev–Trinajstić information content (AvgIpc) is 3.46. The molecule has 0 bridgehead atoms. The number of nitrogens with one attached hydrogen (secondary N) is 3. The number of pyridine rings is 1. The number of H-pyrrole nitrogens is 1. The smallest absolute Gasteiger partial charge is 0.346 e. The Morgan fingerprint density at radius 3 is 2.64 bits per heavy atom. The molecule has 6 nitrogen and oxygen atoms in total. The lowest BCUT2D eigenvalue weighted by atomic mass is 10.2. The van der Waals surface area contributed by atoms with Crippen LogP contribution >= 0.6 is 0 Å². The minimum atomic E-state index is -4.46. The van der Waals surface area contributed by atoms with Crippen molar-refractivity contribution in [2.24, 2.45) is 0 Å². The minimum Gasteiger partial charge on any atom is -0.346 e. The van der Waals surface area contributed by atoms with Crippen LogP contribution in [0.15, 0.2) is 79.3 Å². The van der Waals surface area contributed by atoms with Gasteiger partial charge in [0, 0.05) is 41.5 Å². The van der Waals surface area contributed by atoms with Crippen LogP contribution in [0.1, 0.15) is 13.9 Å². The molecule has 2 aromatic carbocycles. The van der Waals surface area contributed by atoms with Crippen molar-refractivity contribution in [1.29, 1.82) is 0 Å². The summed E-state index contributed by atoms with van der Waals surface area (Å²) in [6, 6.07) is 13.6. The van der Waals surface area contributed by atoms with Crippen LogP contribution in [-0.4, -0.2) is 20.6 Å². The first-order valence-electron chi connectivity index (χ1n) is 10.9. The van der Waals surface area contributed by atoms with Gasteiger partial charge in [-0.3, -0.25) is 0 Å². The topological polar surface area (TPSA) is 74.7 Å². The fourth-order valence-electron chi connectivity index (χ4n) is 3.59. The number of amides is 2. The molecule has 0 spiro atoms. The maximum absolute atomic E-state index is 12.7. The van der Waals surface area contributed by atoms with E-state index in [4.69, 9.17) is 2.74 Å². The molecular formula is C24H18F3N5O. The predicted octanol–water partition coefficient (Wildman–Crippen LogP) is 6.23. The summed E-state index contributed by atoms with van der Waals surface area (Å²) >= 11 is 0. The lowest BCUT2D eigenvalue weighted by Gasteiger charge is -2.11. The first-order chi connectivity index (χ1) is 16.6. The van der Waals surface area contributed by atoms with Crippen LogP contribution in [0.2, 0.25) is 0 Å². The number of urea groups is 1. The van der Waals surface area contributed by atoms with Crippen molar-refractivity contribution < 1.29 is 20.7 Å². The van der Waals surface area contributed by atoms with Gasteiger partial charge < -0.3 is 20.2 Å². The standard InChI is InChI=1S/C24H18F3N5O/c25-24(26,27)16-4-6-17(7-5-16)30-23(33)31-20-2-1-3-21-19(20)10-13-32(21)14-15-8-11-28-22-18(15)9-12-29-22/h1-13H,14H2,(H,28,29)(H2,30,31,33)/i14D2. The number of aromatic nitrogens is 3. The van der Waals surface area contributed by atoms with Gasteiger partial charge in [0.25, 0.3) is 0 Å². The van der Waals surface area contributed by atoms with Crippen molar-refractivity contribution in [3.8, 4) is 0 Å². The van der Waals surface area contributed by atoms with Gasteiger partial charge in [-0.05, 0) is 60.2 Å². The Bertz CT molecular complexity index is 1540. The molecule has 33 heavy (non-hydrogen) atoms. The number of carbonyl (C=O) groups is 1. The van der Waals surface area contributed by atoms with Crippen LogP contribution in [0.5, 0.6) is 0 Å². The highest BCUT2D eigenvalue weighted by molar-refractivity contribution is 6.05. The van der Waals surface area contributed by atoms with Crippen molar-refractivity contribution in [2.45, 2.75) is 12.7 Å². The largest absolute Gasteiger partial charge is 0.416 e. The molecule has 166 valence electrons. The third-order valence-electron chi connectivity index (χ3n) is 5.15. The molecule has 0 unspecified atom stereocenters. The summed E-state index contributed by atoms with van der Waals surface area (Å²) in [5.41, 5.74) is 1.36. The monoisotopic (exact) mass is 451 g/mol. The lowest BCUT2D eigenvalue weighted by molar-refractivity contribution is -0.137. The van der Waals surface area contributed by atoms with Gasteiger partial charge in [-0.1, -0.05) is 6.07 Å². The second-order valence-corrected chi connectivity index (χ2v) is 7.29. The first-order valence-corrected chi connectivity index (χ1v) is 9.93. The van der Waals surface area contributed by atoms with Crippen LogP contribution in [0.4, 0.5) is 29.3 Å². The molecule has 0 aliphatic rings. The highest BCUT2D eigenvalue weighted by Crippen LogP contribution is 2.30. The zero-order valence-electron chi connectivity index (χ0n) is 18.9. The molecular weight excluding hydrogens is 431 g/mol. The molecule has 0 aliphatic carbocycles. The molecule has 0 saturated carbocycles. The number of hydrogen-bond acceptors (Lipinski definition) is 2. The van der Waals surface area contributed by atoms with Crippen LogP contribution < -0.4 is 10.6 Å². The quantitative estimate of drug-likeness (QED) is 0.303. The van der Waals surface area contributed by atoms with Gasteiger partial charge in [0.1, 0.15) is 5.65 Å². The second-order valence-electron chi connectivity index (χ2n) is 7.29. The first kappa shape index (κ1) is 18.3. The summed E-state index contributed by atoms with van der Waals surface area (Å²) in [6.07, 6.45) is 0.374. The number of hydrogen-bond donors (Lipinski definition) is 3. The van der Waals surface area contributed by atoms with E-state index in [2.05, 4.69) is 20.6 Å². The molecule has 5 aromatic rings. The van der Waals surface area contributed by atoms with E-state index in [0.29, 0.717) is 33.2 Å². The number of nitrogens with zero attached hydrogens (tertiary/aromatic N) is 2. The van der Waals surface area contributed by atoms with Gasteiger partial charge in [0.2, 0.25) is 0 Å². The SMILES string of the molecule is [2H]C([2H])(c1ccnc2[nH]ccc12)n1ccc2c(NC(=O)Nc3ccc(C(F)(F)F)cc3)cccc21. The van der Waals surface area contributed by atoms with Gasteiger partial charge in [0.05, 0.1) is 19.5 Å². The zero-order valence-corrected chi connectivity index (χ0v) is 16.9. The normalized spacial score (nSPS) is 13.1. The molecule has 0 aliphatic heterocycles. The minimum absolute atomic E-state index is 0.199. The van der Waals surface area contributed by atoms with Crippen molar-refractivity contribution >= 4 is 39.3 Å². The summed E-state index contributed by atoms with van der Waals surface area (Å²) in [4.78, 5) is 19.7. The van der Waals surface area contributed by atoms with Gasteiger partial charge in [0.15, 0.2) is 0 Å². The third kappa shape index (κ3) is 4.12. The number of benzene rings is 2. The fraction of sp³-hybridized carbons (Fsp3) is 0.0833. The van der Waals surface area contributed by atoms with Gasteiger partial charge in [-0.15, -0.1) is 0 Å². The van der Waals surface area contributed by atoms with Crippen molar-refractivity contribution in [2.75, 3.05) is 10.6 Å². The number of anilines is 2. The molecule has 3 aromatic heterocycles. The van der Waals surface area contributed by atoms with Gasteiger partial charge in [-0.25, -0.2) is 9.78 Å². The zero-order chi connectivity index (χ0) is 24.8. The third-order valence-corrected chi connectivity index (χ3v) is 5.15. The highest BCUT2D eigenvalue weighted by Gasteiger charge is 2.30. The van der Waals surface area contributed by atoms with Crippen molar-refractivity contribution in [1.82, 2.24) is 14.5 Å². The summed E-state index contributed by atoms with van der Waals surface area (Å²) in [5.74, 6) is 0. The molecule has 0 radical (unpaired) electrons. The Hall–Kier alpha value is -4.27. The van der Waals surface area contributed by atoms with Crippen LogP contribution in [0.25, 0.3) is 21.9 Å². The molecule has 5 rings (SSSR count). The molecule has 3 N–H and O–H groups in total. The van der Waals surface area contributed by atoms with E-state index in [0.717, 1.165) is 12.1 Å². The van der Waals surface area contributed by atoms with E-state index >= 15 is 0 Å². The average molecular weight is 451 g/mol. The number of fused-ring (bicyclic) bond motifs is 2. The lowest BCUT2D eigenvalue weighted by Crippen LogP contribution is -2.19. The fourth-order valence-corrected chi connectivity index (χ4v) is 3.59. The Labute approximate surface area is 188 Å². The number of alkyl halides is 3. The molecule has 0 atom stereocenters. The van der Waals surface area contributed by atoms with Crippen LogP contribution in [-0.2, 0) is 12.7 Å². The Morgan fingerprint density at radius 2 is 1.85 bits per heavy atom. The number of carbonyl (C=O) groups excluding carboxylic acids is 1. The number of halogens is 3. The maximum atomic E-state index is 12.7. The summed E-state index contributed by atoms with van der Waals surface area (Å²) in [6.45, 7) is -1.92. The number of aromatic amines is 1. The molecule has 9 heteroatoms. The second kappa shape index (κ2) is 8.01. The summed E-state index contributed by atoms with van der Waals surface area (Å²) in [5, 5.41) is 6.44. The van der Waals surface area contributed by atoms with E-state index in [1.807, 2.05) is 0 Å². The molecule has 0 saturated heterocycles. The molecule has 3 heterocycles. The Balaban J connectivity index is 1.42. The molecule has 2 amide bonds. The van der Waals surface area contributed by atoms with E-state index in [9.17, 15) is 18.0 Å². The van der Waals surface area contributed by atoms with Gasteiger partial charge >= 0.3 is 12.2 Å². The Morgan fingerprint density at radius 1 is 1.03 bits per heavy atom. The van der Waals surface area contributed by atoms with E-state index in [-0.39, 0.29) is 5.69 Å². The van der Waals surface area contributed by atoms with Gasteiger partial charge in [-0.2, -0.15) is 13.2 Å².